The zero-order valence-electron chi connectivity index (χ0n) is 11.0. The van der Waals surface area contributed by atoms with Crippen LogP contribution in [0.1, 0.15) is 6.42 Å². The van der Waals surface area contributed by atoms with Crippen molar-refractivity contribution in [3.63, 3.8) is 0 Å². The summed E-state index contributed by atoms with van der Waals surface area (Å²) in [4.78, 5) is 21.0. The predicted octanol–water partition coefficient (Wildman–Crippen LogP) is 1.04. The van der Waals surface area contributed by atoms with Crippen LogP contribution < -0.4 is 4.72 Å². The Morgan fingerprint density at radius 3 is 2.62 bits per heavy atom. The van der Waals surface area contributed by atoms with Gasteiger partial charge in [-0.3, -0.25) is 14.9 Å². The van der Waals surface area contributed by atoms with E-state index in [1.165, 1.54) is 12.1 Å². The molecule has 0 unspecified atom stereocenters. The van der Waals surface area contributed by atoms with Crippen LogP contribution in [0.25, 0.3) is 0 Å². The van der Waals surface area contributed by atoms with Gasteiger partial charge in [0.2, 0.25) is 10.0 Å². The van der Waals surface area contributed by atoms with Crippen molar-refractivity contribution in [2.45, 2.75) is 17.4 Å². The summed E-state index contributed by atoms with van der Waals surface area (Å²) >= 11 is 5.50. The molecule has 0 bridgehead atoms. The van der Waals surface area contributed by atoms with Crippen molar-refractivity contribution in [3.8, 4) is 0 Å². The number of alkyl halides is 1. The van der Waals surface area contributed by atoms with E-state index in [-0.39, 0.29) is 12.3 Å². The third-order valence-electron chi connectivity index (χ3n) is 2.53. The molecular formula is C11H13ClN2O6S. The molecule has 1 aromatic carbocycles. The van der Waals surface area contributed by atoms with Gasteiger partial charge in [0.15, 0.2) is 4.90 Å². The fourth-order valence-electron chi connectivity index (χ4n) is 1.56. The van der Waals surface area contributed by atoms with Gasteiger partial charge in [-0.2, -0.15) is 4.72 Å². The summed E-state index contributed by atoms with van der Waals surface area (Å²) < 4.78 is 30.9. The monoisotopic (exact) mass is 336 g/mol. The number of hydrogen-bond donors (Lipinski definition) is 1. The highest BCUT2D eigenvalue weighted by molar-refractivity contribution is 7.89. The Balaban J connectivity index is 3.16. The Labute approximate surface area is 126 Å². The van der Waals surface area contributed by atoms with E-state index in [0.29, 0.717) is 0 Å². The van der Waals surface area contributed by atoms with Gasteiger partial charge >= 0.3 is 5.97 Å². The molecule has 0 aliphatic rings. The molecule has 0 radical (unpaired) electrons. The zero-order valence-corrected chi connectivity index (χ0v) is 12.6. The molecule has 0 spiro atoms. The van der Waals surface area contributed by atoms with Crippen LogP contribution in [0, 0.1) is 10.1 Å². The van der Waals surface area contributed by atoms with Gasteiger partial charge in [0.25, 0.3) is 5.69 Å². The van der Waals surface area contributed by atoms with E-state index in [1.54, 1.807) is 0 Å². The molecule has 10 heteroatoms. The number of hydrogen-bond acceptors (Lipinski definition) is 6. The maximum Gasteiger partial charge on any atom is 0.323 e. The van der Waals surface area contributed by atoms with Crippen molar-refractivity contribution in [1.82, 2.24) is 4.72 Å². The van der Waals surface area contributed by atoms with Gasteiger partial charge in [0.05, 0.1) is 12.0 Å². The van der Waals surface area contributed by atoms with E-state index in [0.717, 1.165) is 19.2 Å². The number of nitrogens with zero attached hydrogens (tertiary/aromatic N) is 1. The number of rotatable bonds is 7. The second kappa shape index (κ2) is 7.34. The van der Waals surface area contributed by atoms with E-state index >= 15 is 0 Å². The van der Waals surface area contributed by atoms with Gasteiger partial charge in [-0.1, -0.05) is 12.1 Å². The standard InChI is InChI=1S/C11H13ClN2O6S/c1-20-11(15)8(6-7-12)13-21(18,19)10-5-3-2-4-9(10)14(16)17/h2-5,8,13H,6-7H2,1H3/t8-/m1/s1. The summed E-state index contributed by atoms with van der Waals surface area (Å²) in [5, 5.41) is 10.9. The van der Waals surface area contributed by atoms with E-state index in [1.807, 2.05) is 0 Å². The lowest BCUT2D eigenvalue weighted by Crippen LogP contribution is -2.41. The first-order chi connectivity index (χ1) is 9.83. The van der Waals surface area contributed by atoms with Gasteiger partial charge in [-0.05, 0) is 12.5 Å². The number of nitro benzene ring substituents is 1. The molecule has 1 aromatic rings. The Morgan fingerprint density at radius 1 is 1.48 bits per heavy atom. The smallest absolute Gasteiger partial charge is 0.323 e. The third kappa shape index (κ3) is 4.38. The SMILES string of the molecule is COC(=O)[C@@H](CCCl)NS(=O)(=O)c1ccccc1[N+](=O)[O-]. The van der Waals surface area contributed by atoms with Crippen molar-refractivity contribution in [3.05, 3.63) is 34.4 Å². The van der Waals surface area contributed by atoms with Crippen molar-refractivity contribution < 1.29 is 22.9 Å². The third-order valence-corrected chi connectivity index (χ3v) is 4.27. The number of carbonyl (C=O) groups is 1. The number of esters is 1. The van der Waals surface area contributed by atoms with Gasteiger partial charge in [-0.25, -0.2) is 8.42 Å². The molecule has 1 atom stereocenters. The summed E-state index contributed by atoms with van der Waals surface area (Å²) in [6, 6.07) is 3.61. The lowest BCUT2D eigenvalue weighted by atomic mass is 10.2. The lowest BCUT2D eigenvalue weighted by molar-refractivity contribution is -0.387. The van der Waals surface area contributed by atoms with Crippen molar-refractivity contribution in [2.75, 3.05) is 13.0 Å². The number of para-hydroxylation sites is 1. The number of methoxy groups -OCH3 is 1. The number of halogens is 1. The molecule has 0 saturated carbocycles. The number of ether oxygens (including phenoxy) is 1. The maximum absolute atomic E-state index is 12.2. The van der Waals surface area contributed by atoms with Crippen LogP contribution in [-0.4, -0.2) is 38.3 Å². The Morgan fingerprint density at radius 2 is 2.10 bits per heavy atom. The first-order valence-corrected chi connectivity index (χ1v) is 7.74. The number of carbonyl (C=O) groups excluding carboxylic acids is 1. The summed E-state index contributed by atoms with van der Waals surface area (Å²) in [6.07, 6.45) is -0.00586. The average Bonchev–Trinajstić information content (AvgIpc) is 2.45. The number of nitrogens with one attached hydrogen (secondary N) is 1. The quantitative estimate of drug-likeness (QED) is 0.344. The Hall–Kier alpha value is -1.71. The fourth-order valence-corrected chi connectivity index (χ4v) is 3.17. The first-order valence-electron chi connectivity index (χ1n) is 5.73. The van der Waals surface area contributed by atoms with Crippen LogP contribution >= 0.6 is 11.6 Å². The van der Waals surface area contributed by atoms with E-state index in [9.17, 15) is 23.3 Å². The minimum atomic E-state index is -4.26. The molecule has 0 amide bonds. The molecule has 0 saturated heterocycles. The van der Waals surface area contributed by atoms with Crippen LogP contribution in [0.4, 0.5) is 5.69 Å². The molecular weight excluding hydrogens is 324 g/mol. The zero-order chi connectivity index (χ0) is 16.0. The summed E-state index contributed by atoms with van der Waals surface area (Å²) in [5.74, 6) is -0.808. The van der Waals surface area contributed by atoms with E-state index in [2.05, 4.69) is 9.46 Å². The molecule has 1 N–H and O–H groups in total. The topological polar surface area (TPSA) is 116 Å². The minimum Gasteiger partial charge on any atom is -0.468 e. The highest BCUT2D eigenvalue weighted by Gasteiger charge is 2.30. The van der Waals surface area contributed by atoms with Crippen LogP contribution in [0.3, 0.4) is 0 Å². The lowest BCUT2D eigenvalue weighted by Gasteiger charge is -2.15. The maximum atomic E-state index is 12.2. The molecule has 0 aliphatic carbocycles. The average molecular weight is 337 g/mol. The van der Waals surface area contributed by atoms with Crippen molar-refractivity contribution in [1.29, 1.82) is 0 Å². The van der Waals surface area contributed by atoms with Crippen molar-refractivity contribution >= 4 is 33.3 Å². The summed E-state index contributed by atoms with van der Waals surface area (Å²) in [7, 11) is -3.16. The van der Waals surface area contributed by atoms with Crippen LogP contribution in [-0.2, 0) is 19.6 Å². The van der Waals surface area contributed by atoms with Gasteiger partial charge in [0.1, 0.15) is 6.04 Å². The highest BCUT2D eigenvalue weighted by atomic mass is 35.5. The second-order valence-electron chi connectivity index (χ2n) is 3.90. The number of benzene rings is 1. The van der Waals surface area contributed by atoms with Crippen molar-refractivity contribution in [2.24, 2.45) is 0 Å². The van der Waals surface area contributed by atoms with Gasteiger partial charge in [0, 0.05) is 11.9 Å². The number of nitro groups is 1. The molecule has 116 valence electrons. The van der Waals surface area contributed by atoms with Gasteiger partial charge in [-0.15, -0.1) is 11.6 Å². The number of sulfonamides is 1. The normalized spacial score (nSPS) is 12.7. The molecule has 8 nitrogen and oxygen atoms in total. The molecule has 0 aromatic heterocycles. The largest absolute Gasteiger partial charge is 0.468 e. The summed E-state index contributed by atoms with van der Waals surface area (Å²) in [6.45, 7) is 0. The van der Waals surface area contributed by atoms with Crippen LogP contribution in [0.5, 0.6) is 0 Å². The first kappa shape index (κ1) is 17.3. The molecule has 0 fully saturated rings. The minimum absolute atomic E-state index is 0.00586. The molecule has 0 heterocycles. The van der Waals surface area contributed by atoms with E-state index < -0.39 is 37.5 Å². The Kier molecular flexibility index (Phi) is 6.06. The fraction of sp³-hybridized carbons (Fsp3) is 0.364. The van der Waals surface area contributed by atoms with Crippen LogP contribution in [0.15, 0.2) is 29.2 Å². The van der Waals surface area contributed by atoms with Gasteiger partial charge < -0.3 is 4.74 Å². The molecule has 1 rings (SSSR count). The summed E-state index contributed by atoms with van der Waals surface area (Å²) in [5.41, 5.74) is -0.584. The second-order valence-corrected chi connectivity index (χ2v) is 5.96. The Bertz CT molecular complexity index is 633. The predicted molar refractivity (Wildman–Crippen MR) is 74.6 cm³/mol. The molecule has 21 heavy (non-hydrogen) atoms. The van der Waals surface area contributed by atoms with E-state index in [4.69, 9.17) is 11.6 Å². The highest BCUT2D eigenvalue weighted by Crippen LogP contribution is 2.23. The molecule has 0 aliphatic heterocycles. The van der Waals surface area contributed by atoms with Crippen LogP contribution in [0.2, 0.25) is 0 Å².